The molecule has 1 unspecified atom stereocenters. The zero-order chi connectivity index (χ0) is 16.9. The summed E-state index contributed by atoms with van der Waals surface area (Å²) < 4.78 is 10.7. The molecule has 0 aliphatic heterocycles. The van der Waals surface area contributed by atoms with Crippen LogP contribution in [0.15, 0.2) is 12.1 Å². The van der Waals surface area contributed by atoms with Crippen molar-refractivity contribution in [1.82, 2.24) is 5.32 Å². The predicted octanol–water partition coefficient (Wildman–Crippen LogP) is 0.940. The Kier molecular flexibility index (Phi) is 6.68. The van der Waals surface area contributed by atoms with Crippen LogP contribution < -0.4 is 19.7 Å². The standard InChI is InChI=1S/C17H28N2O3/c1-11(2)18-17(20)13(4)19(5)10-14-9-16(22-7)15(21-6)8-12(14)3/h8-9,11,13H,10H2,1-7H3,(H,18,20)/p+1/t13-/m0/s1. The van der Waals surface area contributed by atoms with Crippen LogP contribution in [-0.2, 0) is 11.3 Å². The molecule has 22 heavy (non-hydrogen) atoms. The molecule has 0 bridgehead atoms. The highest BCUT2D eigenvalue weighted by atomic mass is 16.5. The summed E-state index contributed by atoms with van der Waals surface area (Å²) in [6, 6.07) is 4.01. The summed E-state index contributed by atoms with van der Waals surface area (Å²) in [6.07, 6.45) is 0. The summed E-state index contributed by atoms with van der Waals surface area (Å²) >= 11 is 0. The third-order valence-corrected chi connectivity index (χ3v) is 3.87. The predicted molar refractivity (Wildman–Crippen MR) is 87.6 cm³/mol. The normalized spacial score (nSPS) is 13.6. The van der Waals surface area contributed by atoms with Crippen LogP contribution in [0.3, 0.4) is 0 Å². The van der Waals surface area contributed by atoms with Gasteiger partial charge in [0.2, 0.25) is 0 Å². The number of amides is 1. The highest BCUT2D eigenvalue weighted by molar-refractivity contribution is 5.80. The van der Waals surface area contributed by atoms with E-state index in [2.05, 4.69) is 5.32 Å². The summed E-state index contributed by atoms with van der Waals surface area (Å²) in [6.45, 7) is 8.68. The zero-order valence-electron chi connectivity index (χ0n) is 14.7. The average Bonchev–Trinajstić information content (AvgIpc) is 2.47. The topological polar surface area (TPSA) is 52.0 Å². The van der Waals surface area contributed by atoms with Crippen LogP contribution in [0.4, 0.5) is 0 Å². The molecule has 2 atom stereocenters. The van der Waals surface area contributed by atoms with E-state index in [1.165, 1.54) is 0 Å². The number of ether oxygens (including phenoxy) is 2. The van der Waals surface area contributed by atoms with E-state index >= 15 is 0 Å². The van der Waals surface area contributed by atoms with Gasteiger partial charge in [-0.2, -0.15) is 0 Å². The number of quaternary nitrogens is 1. The Hall–Kier alpha value is -1.75. The number of nitrogens with one attached hydrogen (secondary N) is 2. The molecule has 1 amide bonds. The molecule has 1 aromatic carbocycles. The monoisotopic (exact) mass is 309 g/mol. The maximum absolute atomic E-state index is 12.1. The Morgan fingerprint density at radius 3 is 2.23 bits per heavy atom. The highest BCUT2D eigenvalue weighted by Gasteiger charge is 2.23. The Balaban J connectivity index is 2.87. The molecule has 0 aliphatic rings. The van der Waals surface area contributed by atoms with Crippen LogP contribution in [0.2, 0.25) is 0 Å². The number of carbonyl (C=O) groups excluding carboxylic acids is 1. The number of benzene rings is 1. The molecule has 5 nitrogen and oxygen atoms in total. The molecule has 0 spiro atoms. The second-order valence-corrected chi connectivity index (χ2v) is 6.04. The first-order valence-corrected chi connectivity index (χ1v) is 7.64. The van der Waals surface area contributed by atoms with Gasteiger partial charge in [0, 0.05) is 11.6 Å². The van der Waals surface area contributed by atoms with E-state index < -0.39 is 0 Å². The van der Waals surface area contributed by atoms with Gasteiger partial charge in [-0.05, 0) is 45.4 Å². The number of carbonyl (C=O) groups is 1. The van der Waals surface area contributed by atoms with E-state index in [1.807, 2.05) is 46.9 Å². The molecule has 0 aromatic heterocycles. The largest absolute Gasteiger partial charge is 0.493 e. The highest BCUT2D eigenvalue weighted by Crippen LogP contribution is 2.29. The fourth-order valence-corrected chi connectivity index (χ4v) is 2.30. The van der Waals surface area contributed by atoms with Gasteiger partial charge in [0.25, 0.3) is 5.91 Å². The third kappa shape index (κ3) is 4.63. The molecular formula is C17H29N2O3+. The molecule has 0 saturated heterocycles. The molecule has 0 aliphatic carbocycles. The lowest BCUT2D eigenvalue weighted by atomic mass is 10.1. The molecule has 5 heteroatoms. The number of rotatable bonds is 7. The van der Waals surface area contributed by atoms with Crippen molar-refractivity contribution in [3.05, 3.63) is 23.3 Å². The van der Waals surface area contributed by atoms with Gasteiger partial charge in [0.15, 0.2) is 17.5 Å². The lowest BCUT2D eigenvalue weighted by Gasteiger charge is -2.23. The van der Waals surface area contributed by atoms with Crippen LogP contribution in [0, 0.1) is 6.92 Å². The number of hydrogen-bond acceptors (Lipinski definition) is 3. The van der Waals surface area contributed by atoms with Crippen molar-refractivity contribution in [1.29, 1.82) is 0 Å². The SMILES string of the molecule is COc1cc(C)c(C[NH+](C)[C@@H](C)C(=O)NC(C)C)cc1OC. The Morgan fingerprint density at radius 1 is 1.18 bits per heavy atom. The summed E-state index contributed by atoms with van der Waals surface area (Å²) in [5.41, 5.74) is 2.29. The maximum atomic E-state index is 12.1. The lowest BCUT2D eigenvalue weighted by molar-refractivity contribution is -0.908. The second-order valence-electron chi connectivity index (χ2n) is 6.04. The van der Waals surface area contributed by atoms with Crippen molar-refractivity contribution in [3.8, 4) is 11.5 Å². The van der Waals surface area contributed by atoms with Crippen molar-refractivity contribution < 1.29 is 19.2 Å². The van der Waals surface area contributed by atoms with Gasteiger partial charge in [-0.25, -0.2) is 0 Å². The quantitative estimate of drug-likeness (QED) is 0.788. The van der Waals surface area contributed by atoms with Gasteiger partial charge in [-0.15, -0.1) is 0 Å². The molecular weight excluding hydrogens is 280 g/mol. The van der Waals surface area contributed by atoms with Gasteiger partial charge in [-0.3, -0.25) is 4.79 Å². The van der Waals surface area contributed by atoms with Gasteiger partial charge in [0.1, 0.15) is 6.54 Å². The van der Waals surface area contributed by atoms with Gasteiger partial charge in [0.05, 0.1) is 21.3 Å². The Morgan fingerprint density at radius 2 is 1.73 bits per heavy atom. The van der Waals surface area contributed by atoms with Gasteiger partial charge < -0.3 is 19.7 Å². The van der Waals surface area contributed by atoms with E-state index in [9.17, 15) is 4.79 Å². The van der Waals surface area contributed by atoms with E-state index in [1.54, 1.807) is 14.2 Å². The van der Waals surface area contributed by atoms with Crippen LogP contribution in [0.1, 0.15) is 31.9 Å². The molecule has 0 saturated carbocycles. The maximum Gasteiger partial charge on any atom is 0.278 e. The molecule has 0 fully saturated rings. The summed E-state index contributed by atoms with van der Waals surface area (Å²) in [5, 5.41) is 2.96. The van der Waals surface area contributed by atoms with E-state index in [0.29, 0.717) is 0 Å². The second kappa shape index (κ2) is 8.03. The van der Waals surface area contributed by atoms with Crippen molar-refractivity contribution in [2.75, 3.05) is 21.3 Å². The summed E-state index contributed by atoms with van der Waals surface area (Å²) in [7, 11) is 5.29. The van der Waals surface area contributed by atoms with E-state index in [-0.39, 0.29) is 18.0 Å². The van der Waals surface area contributed by atoms with Gasteiger partial charge >= 0.3 is 0 Å². The smallest absolute Gasteiger partial charge is 0.278 e. The minimum Gasteiger partial charge on any atom is -0.493 e. The van der Waals surface area contributed by atoms with Crippen LogP contribution in [-0.4, -0.2) is 39.3 Å². The van der Waals surface area contributed by atoms with Crippen molar-refractivity contribution >= 4 is 5.91 Å². The minimum absolute atomic E-state index is 0.0747. The molecule has 124 valence electrons. The lowest BCUT2D eigenvalue weighted by Crippen LogP contribution is -3.12. The molecule has 0 radical (unpaired) electrons. The van der Waals surface area contributed by atoms with Crippen molar-refractivity contribution in [2.24, 2.45) is 0 Å². The first-order chi connectivity index (χ1) is 10.3. The van der Waals surface area contributed by atoms with Crippen LogP contribution in [0.25, 0.3) is 0 Å². The van der Waals surface area contributed by atoms with E-state index in [4.69, 9.17) is 9.47 Å². The number of likely N-dealkylation sites (N-methyl/N-ethyl adjacent to an activating group) is 1. The average molecular weight is 309 g/mol. The third-order valence-electron chi connectivity index (χ3n) is 3.87. The molecule has 1 rings (SSSR count). The summed E-state index contributed by atoms with van der Waals surface area (Å²) in [5.74, 6) is 1.52. The van der Waals surface area contributed by atoms with Crippen molar-refractivity contribution in [3.63, 3.8) is 0 Å². The summed E-state index contributed by atoms with van der Waals surface area (Å²) in [4.78, 5) is 13.2. The molecule has 0 heterocycles. The minimum atomic E-state index is -0.116. The van der Waals surface area contributed by atoms with Gasteiger partial charge in [-0.1, -0.05) is 0 Å². The molecule has 2 N–H and O–H groups in total. The Bertz CT molecular complexity index is 515. The van der Waals surface area contributed by atoms with E-state index in [0.717, 1.165) is 34.1 Å². The fourth-order valence-electron chi connectivity index (χ4n) is 2.30. The van der Waals surface area contributed by atoms with Crippen LogP contribution in [0.5, 0.6) is 11.5 Å². The zero-order valence-corrected chi connectivity index (χ0v) is 14.7. The molecule has 1 aromatic rings. The first kappa shape index (κ1) is 18.3. The first-order valence-electron chi connectivity index (χ1n) is 7.64. The number of aryl methyl sites for hydroxylation is 1. The Labute approximate surface area is 133 Å². The number of hydrogen-bond donors (Lipinski definition) is 2. The van der Waals surface area contributed by atoms with Crippen LogP contribution >= 0.6 is 0 Å². The number of methoxy groups -OCH3 is 2. The van der Waals surface area contributed by atoms with Crippen molar-refractivity contribution in [2.45, 2.75) is 46.3 Å². The fraction of sp³-hybridized carbons (Fsp3) is 0.588.